The average Bonchev–Trinajstić information content (AvgIpc) is 2.65. The number of fused-ring (bicyclic) bond motifs is 1. The van der Waals surface area contributed by atoms with Gasteiger partial charge >= 0.3 is 0 Å². The number of nitrogens with two attached hydrogens (primary N) is 1. The van der Waals surface area contributed by atoms with Crippen molar-refractivity contribution in [3.8, 4) is 11.5 Å². The van der Waals surface area contributed by atoms with E-state index in [0.29, 0.717) is 34.9 Å². The molecule has 14 heavy (non-hydrogen) atoms. The predicted molar refractivity (Wildman–Crippen MR) is 50.9 cm³/mol. The molecule has 0 aliphatic carbocycles. The smallest absolute Gasteiger partial charge is 0.231 e. The third-order valence-electron chi connectivity index (χ3n) is 2.05. The van der Waals surface area contributed by atoms with Crippen LogP contribution < -0.4 is 15.2 Å². The van der Waals surface area contributed by atoms with E-state index < -0.39 is 0 Å². The molecular weight excluding hydrogens is 206 g/mol. The molecule has 1 aromatic carbocycles. The van der Waals surface area contributed by atoms with Crippen molar-refractivity contribution < 1.29 is 14.3 Å². The van der Waals surface area contributed by atoms with Gasteiger partial charge in [-0.1, -0.05) is 11.6 Å². The lowest BCUT2D eigenvalue weighted by atomic mass is 10.1. The Morgan fingerprint density at radius 2 is 2.21 bits per heavy atom. The molecule has 74 valence electrons. The van der Waals surface area contributed by atoms with Gasteiger partial charge in [-0.05, 0) is 6.07 Å². The first-order valence-electron chi connectivity index (χ1n) is 4.04. The number of hydrogen-bond donors (Lipinski definition) is 1. The van der Waals surface area contributed by atoms with E-state index in [2.05, 4.69) is 0 Å². The Kier molecular flexibility index (Phi) is 2.31. The Balaban J connectivity index is 2.67. The third-order valence-corrected chi connectivity index (χ3v) is 2.36. The molecule has 5 heteroatoms. The van der Waals surface area contributed by atoms with Crippen molar-refractivity contribution in [2.75, 3.05) is 6.79 Å². The van der Waals surface area contributed by atoms with Crippen LogP contribution in [0.4, 0.5) is 0 Å². The summed E-state index contributed by atoms with van der Waals surface area (Å²) in [4.78, 5) is 10.7. The number of hydrogen-bond acceptors (Lipinski definition) is 4. The van der Waals surface area contributed by atoms with Crippen molar-refractivity contribution in [2.24, 2.45) is 5.73 Å². The SMILES string of the molecule is NCc1cc(Cl)c(C=O)c2c1OCO2. The molecular formula is C9H8ClNO3. The van der Waals surface area contributed by atoms with E-state index in [9.17, 15) is 4.79 Å². The van der Waals surface area contributed by atoms with Gasteiger partial charge in [0.2, 0.25) is 6.79 Å². The highest BCUT2D eigenvalue weighted by molar-refractivity contribution is 6.33. The molecule has 4 nitrogen and oxygen atoms in total. The van der Waals surface area contributed by atoms with Crippen LogP contribution in [0.25, 0.3) is 0 Å². The summed E-state index contributed by atoms with van der Waals surface area (Å²) in [7, 11) is 0. The highest BCUT2D eigenvalue weighted by atomic mass is 35.5. The van der Waals surface area contributed by atoms with Gasteiger partial charge in [-0.3, -0.25) is 4.79 Å². The molecule has 0 amide bonds. The van der Waals surface area contributed by atoms with Gasteiger partial charge in [-0.15, -0.1) is 0 Å². The molecule has 0 bridgehead atoms. The predicted octanol–water partition coefficient (Wildman–Crippen LogP) is 1.34. The van der Waals surface area contributed by atoms with Gasteiger partial charge in [0.15, 0.2) is 17.8 Å². The van der Waals surface area contributed by atoms with E-state index in [1.54, 1.807) is 6.07 Å². The van der Waals surface area contributed by atoms with Crippen LogP contribution in [-0.4, -0.2) is 13.1 Å². The minimum absolute atomic E-state index is 0.101. The molecule has 1 aromatic rings. The highest BCUT2D eigenvalue weighted by Gasteiger charge is 2.23. The van der Waals surface area contributed by atoms with Gasteiger partial charge in [0, 0.05) is 12.1 Å². The summed E-state index contributed by atoms with van der Waals surface area (Å²) in [5.41, 5.74) is 6.56. The molecule has 0 saturated carbocycles. The van der Waals surface area contributed by atoms with Gasteiger partial charge < -0.3 is 15.2 Å². The van der Waals surface area contributed by atoms with Crippen molar-refractivity contribution in [1.29, 1.82) is 0 Å². The summed E-state index contributed by atoms with van der Waals surface area (Å²) in [5, 5.41) is 0.338. The van der Waals surface area contributed by atoms with E-state index in [0.717, 1.165) is 5.56 Å². The Hall–Kier alpha value is -1.26. The molecule has 2 N–H and O–H groups in total. The normalized spacial score (nSPS) is 13.0. The van der Waals surface area contributed by atoms with E-state index in [4.69, 9.17) is 26.8 Å². The van der Waals surface area contributed by atoms with E-state index in [-0.39, 0.29) is 6.79 Å². The van der Waals surface area contributed by atoms with Gasteiger partial charge in [-0.2, -0.15) is 0 Å². The van der Waals surface area contributed by atoms with Crippen LogP contribution in [0, 0.1) is 0 Å². The summed E-state index contributed by atoms with van der Waals surface area (Å²) in [6.07, 6.45) is 0.649. The summed E-state index contributed by atoms with van der Waals surface area (Å²) in [5.74, 6) is 0.923. The van der Waals surface area contributed by atoms with Crippen molar-refractivity contribution in [3.05, 3.63) is 22.2 Å². The van der Waals surface area contributed by atoms with Gasteiger partial charge in [0.05, 0.1) is 10.6 Å². The van der Waals surface area contributed by atoms with Crippen molar-refractivity contribution >= 4 is 17.9 Å². The fourth-order valence-corrected chi connectivity index (χ4v) is 1.65. The summed E-state index contributed by atoms with van der Waals surface area (Å²) >= 11 is 5.87. The molecule has 2 rings (SSSR count). The number of carbonyl (C=O) groups excluding carboxylic acids is 1. The number of ether oxygens (including phenoxy) is 2. The molecule has 1 aliphatic rings. The highest BCUT2D eigenvalue weighted by Crippen LogP contribution is 2.41. The quantitative estimate of drug-likeness (QED) is 0.754. The minimum Gasteiger partial charge on any atom is -0.453 e. The molecule has 0 atom stereocenters. The summed E-state index contributed by atoms with van der Waals surface area (Å²) in [6.45, 7) is 0.397. The molecule has 0 radical (unpaired) electrons. The fourth-order valence-electron chi connectivity index (χ4n) is 1.38. The maximum absolute atomic E-state index is 10.7. The van der Waals surface area contributed by atoms with Gasteiger partial charge in [0.1, 0.15) is 0 Å². The largest absolute Gasteiger partial charge is 0.453 e. The van der Waals surface area contributed by atoms with Crippen LogP contribution in [0.15, 0.2) is 6.07 Å². The molecule has 0 spiro atoms. The fraction of sp³-hybridized carbons (Fsp3) is 0.222. The number of aldehydes is 1. The lowest BCUT2D eigenvalue weighted by Crippen LogP contribution is -1.99. The first-order chi connectivity index (χ1) is 6.77. The maximum Gasteiger partial charge on any atom is 0.231 e. The van der Waals surface area contributed by atoms with E-state index >= 15 is 0 Å². The van der Waals surface area contributed by atoms with Gasteiger partial charge in [-0.25, -0.2) is 0 Å². The Morgan fingerprint density at radius 3 is 2.86 bits per heavy atom. The van der Waals surface area contributed by atoms with Crippen molar-refractivity contribution in [3.63, 3.8) is 0 Å². The second kappa shape index (κ2) is 3.48. The number of halogens is 1. The molecule has 1 aliphatic heterocycles. The Bertz CT molecular complexity index is 392. The molecule has 0 fully saturated rings. The first kappa shape index (κ1) is 9.30. The van der Waals surface area contributed by atoms with Crippen LogP contribution in [0.3, 0.4) is 0 Å². The van der Waals surface area contributed by atoms with Crippen molar-refractivity contribution in [1.82, 2.24) is 0 Å². The Labute approximate surface area is 85.6 Å². The van der Waals surface area contributed by atoms with E-state index in [1.807, 2.05) is 0 Å². The van der Waals surface area contributed by atoms with Crippen LogP contribution in [0.1, 0.15) is 15.9 Å². The molecule has 0 aromatic heterocycles. The molecule has 1 heterocycles. The van der Waals surface area contributed by atoms with Crippen LogP contribution in [-0.2, 0) is 6.54 Å². The topological polar surface area (TPSA) is 61.6 Å². The zero-order valence-electron chi connectivity index (χ0n) is 7.25. The number of benzene rings is 1. The zero-order valence-corrected chi connectivity index (χ0v) is 8.00. The van der Waals surface area contributed by atoms with Gasteiger partial charge in [0.25, 0.3) is 0 Å². The number of rotatable bonds is 2. The van der Waals surface area contributed by atoms with E-state index in [1.165, 1.54) is 0 Å². The second-order valence-electron chi connectivity index (χ2n) is 2.82. The van der Waals surface area contributed by atoms with Crippen molar-refractivity contribution in [2.45, 2.75) is 6.54 Å². The van der Waals surface area contributed by atoms with Crippen LogP contribution >= 0.6 is 11.6 Å². The second-order valence-corrected chi connectivity index (χ2v) is 3.23. The number of carbonyl (C=O) groups is 1. The molecule has 0 unspecified atom stereocenters. The minimum atomic E-state index is 0.101. The van der Waals surface area contributed by atoms with Crippen LogP contribution in [0.5, 0.6) is 11.5 Å². The monoisotopic (exact) mass is 213 g/mol. The van der Waals surface area contributed by atoms with Crippen LogP contribution in [0.2, 0.25) is 5.02 Å². The average molecular weight is 214 g/mol. The Morgan fingerprint density at radius 1 is 1.50 bits per heavy atom. The summed E-state index contributed by atoms with van der Waals surface area (Å²) in [6, 6.07) is 1.62. The lowest BCUT2D eigenvalue weighted by Gasteiger charge is -2.06. The lowest BCUT2D eigenvalue weighted by molar-refractivity contribution is 0.111. The summed E-state index contributed by atoms with van der Waals surface area (Å²) < 4.78 is 10.3. The molecule has 0 saturated heterocycles. The first-order valence-corrected chi connectivity index (χ1v) is 4.42. The third kappa shape index (κ3) is 1.23. The zero-order chi connectivity index (χ0) is 10.1. The standard InChI is InChI=1S/C9H8ClNO3/c10-7-1-5(2-11)8-9(6(7)3-12)14-4-13-8/h1,3H,2,4,11H2. The maximum atomic E-state index is 10.7.